The first-order valence-corrected chi connectivity index (χ1v) is 6.01. The van der Waals surface area contributed by atoms with Gasteiger partial charge in [0.2, 0.25) is 0 Å². The molecule has 0 unspecified atom stereocenters. The van der Waals surface area contributed by atoms with Crippen molar-refractivity contribution in [3.8, 4) is 0 Å². The van der Waals surface area contributed by atoms with Crippen molar-refractivity contribution in [2.24, 2.45) is 0 Å². The third-order valence-electron chi connectivity index (χ3n) is 2.85. The summed E-state index contributed by atoms with van der Waals surface area (Å²) in [5.74, 6) is -0.290. The Labute approximate surface area is 103 Å². The molecule has 4 nitrogen and oxygen atoms in total. The Hall–Kier alpha value is -1.42. The van der Waals surface area contributed by atoms with Gasteiger partial charge in [-0.15, -0.1) is 0 Å². The lowest BCUT2D eigenvalue weighted by atomic mass is 10.3. The largest absolute Gasteiger partial charge is 0.465 e. The van der Waals surface area contributed by atoms with Crippen LogP contribution in [0.1, 0.15) is 24.2 Å². The van der Waals surface area contributed by atoms with E-state index in [2.05, 4.69) is 18.7 Å². The lowest BCUT2D eigenvalue weighted by Gasteiger charge is -2.15. The second kappa shape index (κ2) is 7.01. The Morgan fingerprint density at radius 3 is 2.71 bits per heavy atom. The van der Waals surface area contributed by atoms with Crippen LogP contribution in [-0.4, -0.2) is 37.6 Å². The van der Waals surface area contributed by atoms with Crippen LogP contribution in [0.4, 0.5) is 0 Å². The van der Waals surface area contributed by atoms with Crippen molar-refractivity contribution in [1.29, 1.82) is 0 Å². The minimum absolute atomic E-state index is 0.290. The highest BCUT2D eigenvalue weighted by atomic mass is 16.5. The van der Waals surface area contributed by atoms with Crippen LogP contribution in [0.15, 0.2) is 24.5 Å². The molecule has 94 valence electrons. The molecule has 0 N–H and O–H groups in total. The molecule has 4 heteroatoms. The molecule has 1 rings (SSSR count). The molecule has 0 atom stereocenters. The van der Waals surface area contributed by atoms with Gasteiger partial charge in [-0.2, -0.15) is 0 Å². The summed E-state index contributed by atoms with van der Waals surface area (Å²) in [4.78, 5) is 13.7. The Morgan fingerprint density at radius 1 is 1.41 bits per heavy atom. The lowest BCUT2D eigenvalue weighted by molar-refractivity contribution is -0.696. The van der Waals surface area contributed by atoms with Crippen LogP contribution in [0.3, 0.4) is 0 Å². The van der Waals surface area contributed by atoms with E-state index in [0.29, 0.717) is 5.56 Å². The van der Waals surface area contributed by atoms with Gasteiger partial charge in [0.25, 0.3) is 0 Å². The summed E-state index contributed by atoms with van der Waals surface area (Å²) in [6, 6.07) is 3.63. The molecule has 1 aromatic heterocycles. The minimum atomic E-state index is -0.290. The van der Waals surface area contributed by atoms with Gasteiger partial charge in [-0.25, -0.2) is 9.36 Å². The van der Waals surface area contributed by atoms with Crippen molar-refractivity contribution >= 4 is 5.97 Å². The summed E-state index contributed by atoms with van der Waals surface area (Å²) in [6.45, 7) is 8.27. The predicted octanol–water partition coefficient (Wildman–Crippen LogP) is 1.10. The molecule has 1 aromatic rings. The number of nitrogens with zero attached hydrogens (tertiary/aromatic N) is 2. The average molecular weight is 237 g/mol. The fourth-order valence-electron chi connectivity index (χ4n) is 1.70. The number of rotatable bonds is 6. The van der Waals surface area contributed by atoms with E-state index in [-0.39, 0.29) is 5.97 Å². The van der Waals surface area contributed by atoms with E-state index < -0.39 is 0 Å². The number of ether oxygens (including phenoxy) is 1. The second-order valence-corrected chi connectivity index (χ2v) is 3.85. The van der Waals surface area contributed by atoms with Gasteiger partial charge in [-0.05, 0) is 19.2 Å². The maximum atomic E-state index is 11.4. The molecule has 0 aromatic carbocycles. The zero-order chi connectivity index (χ0) is 12.7. The zero-order valence-electron chi connectivity index (χ0n) is 10.8. The number of carbonyl (C=O) groups excluding carboxylic acids is 1. The van der Waals surface area contributed by atoms with Crippen LogP contribution in [0.25, 0.3) is 0 Å². The third kappa shape index (κ3) is 4.15. The summed E-state index contributed by atoms with van der Waals surface area (Å²) in [6.07, 6.45) is 3.80. The van der Waals surface area contributed by atoms with Crippen LogP contribution >= 0.6 is 0 Å². The average Bonchev–Trinajstić information content (AvgIpc) is 2.39. The maximum Gasteiger partial charge on any atom is 0.343 e. The quantitative estimate of drug-likeness (QED) is 0.549. The van der Waals surface area contributed by atoms with Crippen LogP contribution in [-0.2, 0) is 11.3 Å². The van der Waals surface area contributed by atoms with E-state index in [0.717, 1.165) is 26.2 Å². The van der Waals surface area contributed by atoms with E-state index in [1.807, 2.05) is 23.0 Å². The van der Waals surface area contributed by atoms with Gasteiger partial charge in [0.1, 0.15) is 5.56 Å². The maximum absolute atomic E-state index is 11.4. The van der Waals surface area contributed by atoms with E-state index in [4.69, 9.17) is 4.74 Å². The van der Waals surface area contributed by atoms with Crippen molar-refractivity contribution in [1.82, 2.24) is 4.90 Å². The van der Waals surface area contributed by atoms with Crippen molar-refractivity contribution in [3.05, 3.63) is 30.1 Å². The fourth-order valence-corrected chi connectivity index (χ4v) is 1.70. The first kappa shape index (κ1) is 13.6. The Balaban J connectivity index is 2.62. The van der Waals surface area contributed by atoms with Crippen LogP contribution < -0.4 is 4.57 Å². The predicted molar refractivity (Wildman–Crippen MR) is 65.8 cm³/mol. The minimum Gasteiger partial charge on any atom is -0.465 e. The van der Waals surface area contributed by atoms with Gasteiger partial charge in [0.05, 0.1) is 13.7 Å². The van der Waals surface area contributed by atoms with E-state index in [1.54, 1.807) is 6.07 Å². The molecule has 17 heavy (non-hydrogen) atoms. The normalized spacial score (nSPS) is 10.6. The molecule has 0 aliphatic heterocycles. The van der Waals surface area contributed by atoms with Crippen LogP contribution in [0.2, 0.25) is 0 Å². The second-order valence-electron chi connectivity index (χ2n) is 3.85. The highest BCUT2D eigenvalue weighted by molar-refractivity contribution is 5.88. The van der Waals surface area contributed by atoms with Gasteiger partial charge < -0.3 is 4.74 Å². The molecule has 0 saturated heterocycles. The SMILES string of the molecule is CCN(CC)CC[n+]1cccc(C(=O)OC)c1. The molecule has 0 aliphatic carbocycles. The Kier molecular flexibility index (Phi) is 5.63. The van der Waals surface area contributed by atoms with E-state index >= 15 is 0 Å². The number of aromatic nitrogens is 1. The zero-order valence-corrected chi connectivity index (χ0v) is 10.8. The van der Waals surface area contributed by atoms with Crippen molar-refractivity contribution in [2.45, 2.75) is 20.4 Å². The fraction of sp³-hybridized carbons (Fsp3) is 0.538. The lowest BCUT2D eigenvalue weighted by Crippen LogP contribution is -2.40. The van der Waals surface area contributed by atoms with E-state index in [1.165, 1.54) is 7.11 Å². The van der Waals surface area contributed by atoms with Crippen molar-refractivity contribution in [3.63, 3.8) is 0 Å². The number of hydrogen-bond donors (Lipinski definition) is 0. The van der Waals surface area contributed by atoms with Gasteiger partial charge >= 0.3 is 5.97 Å². The molecule has 0 aliphatic rings. The highest BCUT2D eigenvalue weighted by Crippen LogP contribution is 1.96. The first-order valence-electron chi connectivity index (χ1n) is 6.01. The molecular weight excluding hydrogens is 216 g/mol. The molecular formula is C13H21N2O2+. The van der Waals surface area contributed by atoms with Gasteiger partial charge in [0.15, 0.2) is 18.9 Å². The summed E-state index contributed by atoms with van der Waals surface area (Å²) < 4.78 is 6.71. The van der Waals surface area contributed by atoms with Gasteiger partial charge in [-0.1, -0.05) is 13.8 Å². The number of esters is 1. The van der Waals surface area contributed by atoms with Crippen LogP contribution in [0, 0.1) is 0 Å². The van der Waals surface area contributed by atoms with Crippen molar-refractivity contribution < 1.29 is 14.1 Å². The smallest absolute Gasteiger partial charge is 0.343 e. The molecule has 0 bridgehead atoms. The molecule has 0 spiro atoms. The third-order valence-corrected chi connectivity index (χ3v) is 2.85. The Bertz CT molecular complexity index is 362. The number of pyridine rings is 1. The number of likely N-dealkylation sites (N-methyl/N-ethyl adjacent to an activating group) is 1. The monoisotopic (exact) mass is 237 g/mol. The summed E-state index contributed by atoms with van der Waals surface area (Å²) >= 11 is 0. The molecule has 0 fully saturated rings. The number of methoxy groups -OCH3 is 1. The molecule has 0 amide bonds. The standard InChI is InChI=1S/C13H21N2O2/c1-4-14(5-2)9-10-15-8-6-7-12(11-15)13(16)17-3/h6-8,11H,4-5,9-10H2,1-3H3/q+1. The topological polar surface area (TPSA) is 33.4 Å². The first-order chi connectivity index (χ1) is 8.21. The molecule has 0 radical (unpaired) electrons. The summed E-state index contributed by atoms with van der Waals surface area (Å²) in [5, 5.41) is 0. The highest BCUT2D eigenvalue weighted by Gasteiger charge is 2.11. The van der Waals surface area contributed by atoms with E-state index in [9.17, 15) is 4.79 Å². The summed E-state index contributed by atoms with van der Waals surface area (Å²) in [5.41, 5.74) is 0.592. The molecule has 1 heterocycles. The molecule has 0 saturated carbocycles. The number of hydrogen-bond acceptors (Lipinski definition) is 3. The van der Waals surface area contributed by atoms with Crippen molar-refractivity contribution in [2.75, 3.05) is 26.7 Å². The van der Waals surface area contributed by atoms with Gasteiger partial charge in [0, 0.05) is 6.07 Å². The van der Waals surface area contributed by atoms with Crippen LogP contribution in [0.5, 0.6) is 0 Å². The summed E-state index contributed by atoms with van der Waals surface area (Å²) in [7, 11) is 1.40. The van der Waals surface area contributed by atoms with Gasteiger partial charge in [-0.3, -0.25) is 4.90 Å². The number of carbonyl (C=O) groups is 1. The Morgan fingerprint density at radius 2 is 2.12 bits per heavy atom.